The van der Waals surface area contributed by atoms with Gasteiger partial charge in [-0.15, -0.1) is 11.6 Å². The van der Waals surface area contributed by atoms with Crippen LogP contribution in [0.15, 0.2) is 24.3 Å². The van der Waals surface area contributed by atoms with E-state index < -0.39 is 5.54 Å². The van der Waals surface area contributed by atoms with Crippen LogP contribution in [-0.2, 0) is 21.9 Å². The van der Waals surface area contributed by atoms with Crippen molar-refractivity contribution in [3.8, 4) is 0 Å². The summed E-state index contributed by atoms with van der Waals surface area (Å²) in [6.07, 6.45) is 2.25. The van der Waals surface area contributed by atoms with Crippen LogP contribution >= 0.6 is 11.6 Å². The normalized spacial score (nSPS) is 19.9. The van der Waals surface area contributed by atoms with E-state index in [0.717, 1.165) is 24.8 Å². The van der Waals surface area contributed by atoms with E-state index in [1.54, 1.807) is 0 Å². The molecule has 0 N–H and O–H groups in total. The highest BCUT2D eigenvalue weighted by molar-refractivity contribution is 6.17. The number of hydrogen-bond donors (Lipinski definition) is 0. The molecule has 0 saturated carbocycles. The molecule has 1 aromatic rings. The highest BCUT2D eigenvalue weighted by Crippen LogP contribution is 2.40. The number of nitrogens with zero attached hydrogens (tertiary/aromatic N) is 2. The average Bonchev–Trinajstić information content (AvgIpc) is 2.64. The summed E-state index contributed by atoms with van der Waals surface area (Å²) < 4.78 is 0. The summed E-state index contributed by atoms with van der Waals surface area (Å²) in [6, 6.07) is 8.31. The first-order chi connectivity index (χ1) is 13.0. The van der Waals surface area contributed by atoms with Crippen LogP contribution in [0.5, 0.6) is 0 Å². The summed E-state index contributed by atoms with van der Waals surface area (Å²) in [5.41, 5.74) is 1.23. The number of rotatable bonds is 7. The minimum absolute atomic E-state index is 0.177. The molecule has 0 unspecified atom stereocenters. The molecule has 1 heterocycles. The molecule has 158 valence electrons. The van der Waals surface area contributed by atoms with E-state index >= 15 is 0 Å². The number of benzene rings is 1. The van der Waals surface area contributed by atoms with Gasteiger partial charge in [-0.1, -0.05) is 38.1 Å². The molecule has 0 spiro atoms. The van der Waals surface area contributed by atoms with Crippen molar-refractivity contribution >= 4 is 17.5 Å². The first kappa shape index (κ1) is 23.2. The van der Waals surface area contributed by atoms with E-state index in [1.165, 1.54) is 5.56 Å². The highest BCUT2D eigenvalue weighted by Gasteiger charge is 2.56. The molecular weight excluding hydrogens is 372 g/mol. The zero-order valence-electron chi connectivity index (χ0n) is 18.6. The van der Waals surface area contributed by atoms with Crippen LogP contribution in [0.4, 0.5) is 0 Å². The van der Waals surface area contributed by atoms with Gasteiger partial charge in [0.15, 0.2) is 0 Å². The summed E-state index contributed by atoms with van der Waals surface area (Å²) >= 11 is 5.87. The maximum atomic E-state index is 13.5. The molecule has 1 aliphatic heterocycles. The molecule has 0 aliphatic carbocycles. The molecule has 1 amide bonds. The van der Waals surface area contributed by atoms with E-state index in [0.29, 0.717) is 19.0 Å². The summed E-state index contributed by atoms with van der Waals surface area (Å²) in [6.45, 7) is 16.1. The van der Waals surface area contributed by atoms with Crippen molar-refractivity contribution in [2.45, 2.75) is 90.2 Å². The largest absolute Gasteiger partial charge is 0.334 e. The van der Waals surface area contributed by atoms with Gasteiger partial charge in [0.1, 0.15) is 5.54 Å². The topological polar surface area (TPSA) is 32.8 Å². The van der Waals surface area contributed by atoms with Gasteiger partial charge in [0.25, 0.3) is 0 Å². The molecule has 1 fully saturated rings. The zero-order valence-corrected chi connectivity index (χ0v) is 19.4. The fraction of sp³-hybridized carbons (Fsp3) is 0.696. The van der Waals surface area contributed by atoms with Crippen molar-refractivity contribution in [1.29, 1.82) is 0 Å². The number of amides is 1. The van der Waals surface area contributed by atoms with Crippen molar-refractivity contribution in [2.24, 2.45) is 0 Å². The fourth-order valence-electron chi connectivity index (χ4n) is 4.17. The third kappa shape index (κ3) is 4.55. The SMILES string of the molecule is CCC1(CC)C(=O)N(C(C)(C)C)CC(C)(C)N1OCCc1ccc(CCl)cc1. The van der Waals surface area contributed by atoms with Crippen molar-refractivity contribution < 1.29 is 9.63 Å². The predicted octanol–water partition coefficient (Wildman–Crippen LogP) is 5.18. The minimum atomic E-state index is -0.627. The van der Waals surface area contributed by atoms with E-state index in [4.69, 9.17) is 16.4 Å². The monoisotopic (exact) mass is 408 g/mol. The summed E-state index contributed by atoms with van der Waals surface area (Å²) in [4.78, 5) is 21.9. The van der Waals surface area contributed by atoms with Gasteiger partial charge in [0, 0.05) is 18.0 Å². The van der Waals surface area contributed by atoms with Gasteiger partial charge >= 0.3 is 0 Å². The maximum absolute atomic E-state index is 13.5. The lowest BCUT2D eigenvalue weighted by Crippen LogP contribution is -2.75. The molecule has 0 radical (unpaired) electrons. The number of hydroxylamine groups is 2. The Labute approximate surface area is 176 Å². The van der Waals surface area contributed by atoms with Gasteiger partial charge in [0.05, 0.1) is 12.1 Å². The molecule has 5 heteroatoms. The van der Waals surface area contributed by atoms with Gasteiger partial charge in [0.2, 0.25) is 5.91 Å². The first-order valence-corrected chi connectivity index (χ1v) is 10.9. The van der Waals surface area contributed by atoms with Crippen LogP contribution in [0, 0.1) is 0 Å². The number of carbonyl (C=O) groups excluding carboxylic acids is 1. The second-order valence-electron chi connectivity index (χ2n) is 9.44. The maximum Gasteiger partial charge on any atom is 0.245 e. The fourth-order valence-corrected chi connectivity index (χ4v) is 4.35. The minimum Gasteiger partial charge on any atom is -0.334 e. The molecule has 1 aromatic carbocycles. The number of halogens is 1. The Bertz CT molecular complexity index is 660. The molecule has 1 saturated heterocycles. The Kier molecular flexibility index (Phi) is 7.22. The van der Waals surface area contributed by atoms with Gasteiger partial charge in [-0.25, -0.2) is 0 Å². The Morgan fingerprint density at radius 1 is 1.07 bits per heavy atom. The predicted molar refractivity (Wildman–Crippen MR) is 116 cm³/mol. The lowest BCUT2D eigenvalue weighted by molar-refractivity contribution is -0.291. The van der Waals surface area contributed by atoms with Crippen LogP contribution in [0.2, 0.25) is 0 Å². The second kappa shape index (κ2) is 8.73. The van der Waals surface area contributed by atoms with Crippen LogP contribution in [0.25, 0.3) is 0 Å². The molecule has 0 atom stereocenters. The van der Waals surface area contributed by atoms with Gasteiger partial charge in [-0.3, -0.25) is 9.63 Å². The molecular formula is C23H37ClN2O2. The Balaban J connectivity index is 2.21. The first-order valence-electron chi connectivity index (χ1n) is 10.4. The van der Waals surface area contributed by atoms with Crippen molar-refractivity contribution in [1.82, 2.24) is 9.96 Å². The smallest absolute Gasteiger partial charge is 0.245 e. The summed E-state index contributed by atoms with van der Waals surface area (Å²) in [5, 5.41) is 2.01. The van der Waals surface area contributed by atoms with Crippen molar-refractivity contribution in [2.75, 3.05) is 13.2 Å². The van der Waals surface area contributed by atoms with Gasteiger partial charge in [-0.05, 0) is 65.0 Å². The van der Waals surface area contributed by atoms with Crippen molar-refractivity contribution in [3.05, 3.63) is 35.4 Å². The number of hydrogen-bond acceptors (Lipinski definition) is 3. The van der Waals surface area contributed by atoms with Gasteiger partial charge in [-0.2, -0.15) is 5.06 Å². The van der Waals surface area contributed by atoms with E-state index in [2.05, 4.69) is 72.7 Å². The van der Waals surface area contributed by atoms with Gasteiger partial charge < -0.3 is 4.90 Å². The third-order valence-electron chi connectivity index (χ3n) is 5.89. The van der Waals surface area contributed by atoms with Crippen LogP contribution in [0.1, 0.15) is 72.4 Å². The van der Waals surface area contributed by atoms with E-state index in [-0.39, 0.29) is 17.0 Å². The number of piperazine rings is 1. The lowest BCUT2D eigenvalue weighted by Gasteiger charge is -2.58. The number of carbonyl (C=O) groups is 1. The standard InChI is InChI=1S/C23H37ClN2O2/c1-8-23(9-2)20(27)25(21(3,4)5)17-22(6,7)26(23)28-15-14-18-10-12-19(16-24)13-11-18/h10-13H,8-9,14-17H2,1-7H3. The number of alkyl halides is 1. The van der Waals surface area contributed by atoms with E-state index in [1.807, 2.05) is 9.96 Å². The van der Waals surface area contributed by atoms with Crippen LogP contribution < -0.4 is 0 Å². The average molecular weight is 409 g/mol. The molecule has 1 aliphatic rings. The van der Waals surface area contributed by atoms with E-state index in [9.17, 15) is 4.79 Å². The van der Waals surface area contributed by atoms with Crippen LogP contribution in [-0.4, -0.2) is 45.6 Å². The quantitative estimate of drug-likeness (QED) is 0.582. The Morgan fingerprint density at radius 3 is 2.07 bits per heavy atom. The Morgan fingerprint density at radius 2 is 1.61 bits per heavy atom. The third-order valence-corrected chi connectivity index (χ3v) is 6.20. The second-order valence-corrected chi connectivity index (χ2v) is 9.71. The summed E-state index contributed by atoms with van der Waals surface area (Å²) in [7, 11) is 0. The molecule has 28 heavy (non-hydrogen) atoms. The zero-order chi connectivity index (χ0) is 21.2. The molecule has 0 aromatic heterocycles. The van der Waals surface area contributed by atoms with Crippen molar-refractivity contribution in [3.63, 3.8) is 0 Å². The molecule has 4 nitrogen and oxygen atoms in total. The highest BCUT2D eigenvalue weighted by atomic mass is 35.5. The lowest BCUT2D eigenvalue weighted by atomic mass is 9.80. The molecule has 2 rings (SSSR count). The molecule has 0 bridgehead atoms. The Hall–Kier alpha value is -1.10. The summed E-state index contributed by atoms with van der Waals surface area (Å²) in [5.74, 6) is 0.705. The van der Waals surface area contributed by atoms with Crippen LogP contribution in [0.3, 0.4) is 0 Å².